The van der Waals surface area contributed by atoms with Gasteiger partial charge in [0.25, 0.3) is 5.91 Å². The lowest BCUT2D eigenvalue weighted by atomic mass is 9.89. The van der Waals surface area contributed by atoms with Crippen molar-refractivity contribution >= 4 is 69.8 Å². The van der Waals surface area contributed by atoms with Gasteiger partial charge in [0.1, 0.15) is 5.56 Å². The predicted octanol–water partition coefficient (Wildman–Crippen LogP) is 5.83. The molecule has 3 aromatic rings. The van der Waals surface area contributed by atoms with Gasteiger partial charge in [-0.3, -0.25) is 14.7 Å². The fraction of sp³-hybridized carbons (Fsp3) is 0.308. The fourth-order valence-corrected chi connectivity index (χ4v) is 6.02. The molecule has 1 fully saturated rings. The van der Waals surface area contributed by atoms with E-state index in [4.69, 9.17) is 34.8 Å². The number of amides is 1. The minimum absolute atomic E-state index is 0.334. The first-order valence-electron chi connectivity index (χ1n) is 12.1. The summed E-state index contributed by atoms with van der Waals surface area (Å²) in [6.45, 7) is 3.23. The number of hydrogen-bond acceptors (Lipinski definition) is 7. The van der Waals surface area contributed by atoms with Gasteiger partial charge in [0.15, 0.2) is 5.82 Å². The largest absolute Gasteiger partial charge is 0.324 e. The number of nitrogens with zero attached hydrogens (tertiary/aromatic N) is 6. The molecule has 3 aliphatic rings. The number of rotatable bonds is 4. The monoisotopic (exact) mass is 555 g/mol. The normalized spacial score (nSPS) is 18.1. The maximum Gasteiger partial charge on any atom is 0.270 e. The van der Waals surface area contributed by atoms with Gasteiger partial charge in [-0.1, -0.05) is 46.9 Å². The van der Waals surface area contributed by atoms with Crippen molar-refractivity contribution < 1.29 is 4.79 Å². The van der Waals surface area contributed by atoms with Crippen LogP contribution in [0.2, 0.25) is 15.1 Å². The van der Waals surface area contributed by atoms with Gasteiger partial charge in [-0.2, -0.15) is 4.98 Å². The second-order valence-electron chi connectivity index (χ2n) is 9.41. The highest BCUT2D eigenvalue weighted by Crippen LogP contribution is 2.40. The van der Waals surface area contributed by atoms with E-state index in [1.165, 1.54) is 16.7 Å². The highest BCUT2D eigenvalue weighted by Gasteiger charge is 2.41. The second kappa shape index (κ2) is 9.76. The summed E-state index contributed by atoms with van der Waals surface area (Å²) in [5, 5.41) is 4.69. The van der Waals surface area contributed by atoms with Crippen molar-refractivity contribution in [2.75, 3.05) is 48.3 Å². The fourth-order valence-electron chi connectivity index (χ4n) is 5.12. The first kappa shape index (κ1) is 24.4. The number of anilines is 4. The Bertz CT molecular complexity index is 1400. The van der Waals surface area contributed by atoms with Crippen LogP contribution < -0.4 is 15.1 Å². The average molecular weight is 557 g/mol. The Labute approximate surface area is 229 Å². The molecule has 11 heteroatoms. The number of aromatic nitrogens is 2. The van der Waals surface area contributed by atoms with Crippen LogP contribution in [-0.2, 0) is 0 Å². The molecule has 0 aliphatic carbocycles. The molecule has 37 heavy (non-hydrogen) atoms. The maximum absolute atomic E-state index is 13.6. The second-order valence-corrected chi connectivity index (χ2v) is 10.6. The number of nitrogens with one attached hydrogen (secondary N) is 1. The lowest BCUT2D eigenvalue weighted by molar-refractivity contribution is 0.1000. The predicted molar refractivity (Wildman–Crippen MR) is 149 cm³/mol. The number of carbonyl (C=O) groups excluding carboxylic acids is 1. The molecule has 0 spiro atoms. The zero-order chi connectivity index (χ0) is 25.7. The van der Waals surface area contributed by atoms with E-state index < -0.39 is 0 Å². The summed E-state index contributed by atoms with van der Waals surface area (Å²) in [6.07, 6.45) is 3.72. The molecule has 8 nitrogen and oxygen atoms in total. The van der Waals surface area contributed by atoms with Crippen molar-refractivity contribution in [3.63, 3.8) is 0 Å². The standard InChI is InChI=1S/C26H24Cl3N7O/c1-34-10-7-15(8-11-34)17-6-5-16(13-21(17)29)32-25-31-14-18-23(33-25)35-12-9-30-26(35)36(24(18)37)22-19(27)3-2-4-20(22)28/h2-6,13-15H,7-12H2,1H3,(H,31,32,33). The number of fused-ring (bicyclic) bond motifs is 3. The summed E-state index contributed by atoms with van der Waals surface area (Å²) in [5.74, 6) is 1.44. The lowest BCUT2D eigenvalue weighted by Crippen LogP contribution is -2.51. The summed E-state index contributed by atoms with van der Waals surface area (Å²) >= 11 is 19.6. The van der Waals surface area contributed by atoms with E-state index in [9.17, 15) is 4.79 Å². The van der Waals surface area contributed by atoms with Crippen molar-refractivity contribution in [3.05, 3.63) is 68.8 Å². The number of likely N-dealkylation sites (tertiary alicyclic amines) is 1. The number of aliphatic imine (C=N–C) groups is 1. The third-order valence-corrected chi connectivity index (χ3v) is 7.99. The molecular formula is C26H24Cl3N7O. The highest BCUT2D eigenvalue weighted by molar-refractivity contribution is 6.43. The summed E-state index contributed by atoms with van der Waals surface area (Å²) in [6, 6.07) is 11.1. The van der Waals surface area contributed by atoms with Crippen LogP contribution >= 0.6 is 34.8 Å². The number of halogens is 3. The molecule has 1 amide bonds. The summed E-state index contributed by atoms with van der Waals surface area (Å²) in [4.78, 5) is 32.9. The lowest BCUT2D eigenvalue weighted by Gasteiger charge is -2.35. The molecule has 0 unspecified atom stereocenters. The van der Waals surface area contributed by atoms with Crippen LogP contribution in [0.25, 0.3) is 0 Å². The maximum atomic E-state index is 13.6. The summed E-state index contributed by atoms with van der Waals surface area (Å²) in [7, 11) is 2.15. The van der Waals surface area contributed by atoms with E-state index in [2.05, 4.69) is 38.3 Å². The molecule has 0 bridgehead atoms. The molecule has 4 heterocycles. The van der Waals surface area contributed by atoms with Crippen LogP contribution in [-0.4, -0.2) is 60.0 Å². The van der Waals surface area contributed by atoms with Crippen molar-refractivity contribution in [1.29, 1.82) is 0 Å². The molecule has 0 atom stereocenters. The molecular weight excluding hydrogens is 533 g/mol. The molecule has 2 aromatic carbocycles. The SMILES string of the molecule is CN1CCC(c2ccc(Nc3ncc4c(n3)N3CCN=C3N(c3c(Cl)cccc3Cl)C4=O)cc2Cl)CC1. The Hall–Kier alpha value is -2.91. The van der Waals surface area contributed by atoms with Gasteiger partial charge in [0.05, 0.1) is 22.3 Å². The van der Waals surface area contributed by atoms with Crippen molar-refractivity contribution in [1.82, 2.24) is 14.9 Å². The van der Waals surface area contributed by atoms with Crippen molar-refractivity contribution in [2.24, 2.45) is 4.99 Å². The molecule has 1 N–H and O–H groups in total. The van der Waals surface area contributed by atoms with Gasteiger partial charge in [-0.05, 0) is 68.7 Å². The minimum atomic E-state index is -0.334. The van der Waals surface area contributed by atoms with E-state index >= 15 is 0 Å². The molecule has 190 valence electrons. The molecule has 0 radical (unpaired) electrons. The van der Waals surface area contributed by atoms with Crippen LogP contribution in [0, 0.1) is 0 Å². The Morgan fingerprint density at radius 3 is 2.49 bits per heavy atom. The number of para-hydroxylation sites is 1. The van der Waals surface area contributed by atoms with Gasteiger partial charge in [0, 0.05) is 23.5 Å². The first-order valence-corrected chi connectivity index (χ1v) is 13.3. The first-order chi connectivity index (χ1) is 17.9. The highest BCUT2D eigenvalue weighted by atomic mass is 35.5. The van der Waals surface area contributed by atoms with Crippen LogP contribution in [0.15, 0.2) is 47.6 Å². The third kappa shape index (κ3) is 4.42. The summed E-state index contributed by atoms with van der Waals surface area (Å²) < 4.78 is 0. The van der Waals surface area contributed by atoms with Crippen LogP contribution in [0.3, 0.4) is 0 Å². The van der Waals surface area contributed by atoms with Gasteiger partial charge in [-0.15, -0.1) is 0 Å². The molecule has 1 aromatic heterocycles. The molecule has 0 saturated carbocycles. The zero-order valence-electron chi connectivity index (χ0n) is 20.1. The molecule has 1 saturated heterocycles. The van der Waals surface area contributed by atoms with Gasteiger partial charge >= 0.3 is 0 Å². The van der Waals surface area contributed by atoms with E-state index in [1.54, 1.807) is 18.2 Å². The Morgan fingerprint density at radius 1 is 1.00 bits per heavy atom. The minimum Gasteiger partial charge on any atom is -0.324 e. The van der Waals surface area contributed by atoms with Gasteiger partial charge in [-0.25, -0.2) is 9.88 Å². The quantitative estimate of drug-likeness (QED) is 0.436. The summed E-state index contributed by atoms with van der Waals surface area (Å²) in [5.41, 5.74) is 2.70. The van der Waals surface area contributed by atoms with E-state index in [0.29, 0.717) is 58.0 Å². The number of carbonyl (C=O) groups is 1. The van der Waals surface area contributed by atoms with Crippen LogP contribution in [0.4, 0.5) is 23.1 Å². The van der Waals surface area contributed by atoms with Gasteiger partial charge < -0.3 is 10.2 Å². The van der Waals surface area contributed by atoms with Crippen molar-refractivity contribution in [2.45, 2.75) is 18.8 Å². The average Bonchev–Trinajstić information content (AvgIpc) is 3.36. The van der Waals surface area contributed by atoms with E-state index in [1.807, 2.05) is 17.0 Å². The Balaban J connectivity index is 1.29. The number of hydrogen-bond donors (Lipinski definition) is 1. The smallest absolute Gasteiger partial charge is 0.270 e. The van der Waals surface area contributed by atoms with Crippen molar-refractivity contribution in [3.8, 4) is 0 Å². The molecule has 3 aliphatic heterocycles. The van der Waals surface area contributed by atoms with Crippen LogP contribution in [0.5, 0.6) is 0 Å². The third-order valence-electron chi connectivity index (χ3n) is 7.05. The van der Waals surface area contributed by atoms with E-state index in [-0.39, 0.29) is 5.91 Å². The zero-order valence-corrected chi connectivity index (χ0v) is 22.4. The van der Waals surface area contributed by atoms with E-state index in [0.717, 1.165) is 36.6 Å². The number of benzene rings is 2. The van der Waals surface area contributed by atoms with Gasteiger partial charge in [0.2, 0.25) is 11.9 Å². The number of piperidine rings is 1. The Morgan fingerprint density at radius 2 is 1.76 bits per heavy atom. The number of guanidine groups is 1. The van der Waals surface area contributed by atoms with Crippen LogP contribution in [0.1, 0.15) is 34.7 Å². The Kier molecular flexibility index (Phi) is 6.44. The topological polar surface area (TPSA) is 77.0 Å². The molecule has 6 rings (SSSR count).